The molecule has 0 aromatic heterocycles. The Morgan fingerprint density at radius 3 is 2.50 bits per heavy atom. The average Bonchev–Trinajstić information content (AvgIpc) is 2.48. The van der Waals surface area contributed by atoms with Gasteiger partial charge in [-0.3, -0.25) is 4.79 Å². The van der Waals surface area contributed by atoms with Crippen molar-refractivity contribution < 1.29 is 29.6 Å². The van der Waals surface area contributed by atoms with E-state index in [1.165, 1.54) is 6.92 Å². The Bertz CT molecular complexity index is 511. The number of carbonyl (C=O) groups excluding carboxylic acids is 1. The lowest BCUT2D eigenvalue weighted by Crippen LogP contribution is -2.65. The molecular weight excluding hydrogens is 405 g/mol. The summed E-state index contributed by atoms with van der Waals surface area (Å²) in [5, 5.41) is 31.8. The fourth-order valence-electron chi connectivity index (χ4n) is 2.22. The fourth-order valence-corrected chi connectivity index (χ4v) is 2.58. The minimum atomic E-state index is -1.32. The molecule has 1 aliphatic rings. The molecule has 4 N–H and O–H groups in total. The minimum absolute atomic E-state index is 0.390. The summed E-state index contributed by atoms with van der Waals surface area (Å²) in [5.74, 6) is 0.0968. The second-order valence-corrected chi connectivity index (χ2v) is 6.25. The van der Waals surface area contributed by atoms with Crippen LogP contribution in [0.15, 0.2) is 24.3 Å². The summed E-state index contributed by atoms with van der Waals surface area (Å²) in [5.41, 5.74) is 0. The quantitative estimate of drug-likeness (QED) is 0.492. The first-order valence-corrected chi connectivity index (χ1v) is 7.82. The molecule has 1 aliphatic heterocycles. The van der Waals surface area contributed by atoms with Gasteiger partial charge in [0.15, 0.2) is 0 Å². The molecule has 5 atom stereocenters. The van der Waals surface area contributed by atoms with E-state index in [0.717, 1.165) is 3.57 Å². The number of benzene rings is 1. The maximum atomic E-state index is 11.3. The molecule has 0 spiro atoms. The van der Waals surface area contributed by atoms with Gasteiger partial charge >= 0.3 is 0 Å². The molecular formula is C14H18INO6. The van der Waals surface area contributed by atoms with Crippen LogP contribution < -0.4 is 10.1 Å². The van der Waals surface area contributed by atoms with Crippen LogP contribution in [0.5, 0.6) is 5.75 Å². The zero-order valence-electron chi connectivity index (χ0n) is 11.8. The van der Waals surface area contributed by atoms with Crippen LogP contribution in [0.25, 0.3) is 0 Å². The van der Waals surface area contributed by atoms with Gasteiger partial charge in [-0.15, -0.1) is 0 Å². The van der Waals surface area contributed by atoms with Gasteiger partial charge in [0.05, 0.1) is 6.61 Å². The number of halogens is 1. The third kappa shape index (κ3) is 4.07. The number of aliphatic hydroxyl groups excluding tert-OH is 3. The summed E-state index contributed by atoms with van der Waals surface area (Å²) < 4.78 is 12.1. The number of hydrogen-bond acceptors (Lipinski definition) is 6. The van der Waals surface area contributed by atoms with Gasteiger partial charge in [0.2, 0.25) is 12.2 Å². The van der Waals surface area contributed by atoms with E-state index in [-0.39, 0.29) is 0 Å². The van der Waals surface area contributed by atoms with Gasteiger partial charge in [0.25, 0.3) is 0 Å². The molecule has 1 fully saturated rings. The summed E-state index contributed by atoms with van der Waals surface area (Å²) in [4.78, 5) is 11.3. The maximum Gasteiger partial charge on any atom is 0.223 e. The molecule has 0 saturated carbocycles. The predicted molar refractivity (Wildman–Crippen MR) is 85.2 cm³/mol. The lowest BCUT2D eigenvalue weighted by molar-refractivity contribution is -0.244. The second-order valence-electron chi connectivity index (χ2n) is 5.00. The third-order valence-electron chi connectivity index (χ3n) is 3.32. The highest BCUT2D eigenvalue weighted by molar-refractivity contribution is 14.1. The Morgan fingerprint density at radius 2 is 1.95 bits per heavy atom. The van der Waals surface area contributed by atoms with E-state index in [0.29, 0.717) is 5.75 Å². The Labute approximate surface area is 141 Å². The number of nitrogens with one attached hydrogen (secondary N) is 1. The maximum absolute atomic E-state index is 11.3. The lowest BCUT2D eigenvalue weighted by atomic mass is 9.97. The van der Waals surface area contributed by atoms with Crippen LogP contribution in [0.4, 0.5) is 0 Å². The number of carbonyl (C=O) groups is 1. The smallest absolute Gasteiger partial charge is 0.223 e. The van der Waals surface area contributed by atoms with Crippen LogP contribution in [0.3, 0.4) is 0 Å². The molecule has 2 rings (SSSR count). The Hall–Kier alpha value is -0.940. The van der Waals surface area contributed by atoms with Crippen LogP contribution in [0.2, 0.25) is 0 Å². The number of rotatable bonds is 4. The van der Waals surface area contributed by atoms with Crippen molar-refractivity contribution in [2.45, 2.75) is 37.6 Å². The number of amides is 1. The molecule has 1 aromatic carbocycles. The molecule has 122 valence electrons. The molecule has 8 heteroatoms. The molecule has 0 bridgehead atoms. The third-order valence-corrected chi connectivity index (χ3v) is 4.04. The molecule has 1 amide bonds. The lowest BCUT2D eigenvalue weighted by Gasteiger charge is -2.42. The van der Waals surface area contributed by atoms with E-state index in [1.807, 2.05) is 12.1 Å². The Kier molecular flexibility index (Phi) is 5.98. The Balaban J connectivity index is 2.18. The van der Waals surface area contributed by atoms with Gasteiger partial charge in [-0.05, 0) is 46.9 Å². The van der Waals surface area contributed by atoms with Crippen molar-refractivity contribution in [3.05, 3.63) is 27.8 Å². The van der Waals surface area contributed by atoms with Crippen LogP contribution >= 0.6 is 22.6 Å². The van der Waals surface area contributed by atoms with Crippen molar-refractivity contribution in [2.75, 3.05) is 6.61 Å². The molecule has 22 heavy (non-hydrogen) atoms. The second kappa shape index (κ2) is 7.55. The SMILES string of the molecule is CC(=O)N[C@H]1[C@@H](Oc2ccc(I)cc2)O[C@@H](CO)[C@@H](O)[C@@H]1O. The topological polar surface area (TPSA) is 108 Å². The summed E-state index contributed by atoms with van der Waals surface area (Å²) in [6, 6.07) is 6.17. The molecule has 0 unspecified atom stereocenters. The minimum Gasteiger partial charge on any atom is -0.463 e. The van der Waals surface area contributed by atoms with Crippen LogP contribution in [0.1, 0.15) is 6.92 Å². The molecule has 1 saturated heterocycles. The van der Waals surface area contributed by atoms with E-state index in [9.17, 15) is 20.1 Å². The summed E-state index contributed by atoms with van der Waals surface area (Å²) in [6.45, 7) is 0.816. The van der Waals surface area contributed by atoms with Crippen molar-refractivity contribution in [3.63, 3.8) is 0 Å². The summed E-state index contributed by atoms with van der Waals surface area (Å²) in [6.07, 6.45) is -4.66. The van der Waals surface area contributed by atoms with Crippen LogP contribution in [-0.4, -0.2) is 58.5 Å². The normalized spacial score (nSPS) is 31.6. The first kappa shape index (κ1) is 17.4. The zero-order valence-corrected chi connectivity index (χ0v) is 14.0. The highest BCUT2D eigenvalue weighted by Crippen LogP contribution is 2.24. The first-order chi connectivity index (χ1) is 10.4. The van der Waals surface area contributed by atoms with E-state index in [2.05, 4.69) is 27.9 Å². The van der Waals surface area contributed by atoms with Gasteiger partial charge in [-0.1, -0.05) is 0 Å². The van der Waals surface area contributed by atoms with Gasteiger partial charge in [0, 0.05) is 10.5 Å². The van der Waals surface area contributed by atoms with Crippen LogP contribution in [-0.2, 0) is 9.53 Å². The largest absolute Gasteiger partial charge is 0.463 e. The number of hydrogen-bond donors (Lipinski definition) is 4. The summed E-state index contributed by atoms with van der Waals surface area (Å²) in [7, 11) is 0. The summed E-state index contributed by atoms with van der Waals surface area (Å²) >= 11 is 2.15. The molecule has 0 aliphatic carbocycles. The molecule has 0 radical (unpaired) electrons. The molecule has 1 heterocycles. The first-order valence-electron chi connectivity index (χ1n) is 6.74. The predicted octanol–water partition coefficient (Wildman–Crippen LogP) is -0.386. The van der Waals surface area contributed by atoms with Gasteiger partial charge in [-0.25, -0.2) is 0 Å². The van der Waals surface area contributed by atoms with Gasteiger partial charge < -0.3 is 30.1 Å². The molecule has 7 nitrogen and oxygen atoms in total. The van der Waals surface area contributed by atoms with Crippen molar-refractivity contribution in [3.8, 4) is 5.75 Å². The van der Waals surface area contributed by atoms with Crippen LogP contribution in [0, 0.1) is 3.57 Å². The van der Waals surface area contributed by atoms with Crippen molar-refractivity contribution in [1.29, 1.82) is 0 Å². The van der Waals surface area contributed by atoms with E-state index in [1.54, 1.807) is 12.1 Å². The highest BCUT2D eigenvalue weighted by Gasteiger charge is 2.46. The van der Waals surface area contributed by atoms with Gasteiger partial charge in [-0.2, -0.15) is 0 Å². The molecule has 1 aromatic rings. The monoisotopic (exact) mass is 423 g/mol. The standard InChI is InChI=1S/C14H18INO6/c1-7(18)16-11-13(20)12(19)10(6-17)22-14(11)21-9-4-2-8(15)3-5-9/h2-5,10-14,17,19-20H,6H2,1H3,(H,16,18)/t10-,11+,12+,13+,14-/m0/s1. The van der Waals surface area contributed by atoms with Crippen molar-refractivity contribution >= 4 is 28.5 Å². The van der Waals surface area contributed by atoms with E-state index >= 15 is 0 Å². The average molecular weight is 423 g/mol. The highest BCUT2D eigenvalue weighted by atomic mass is 127. The van der Waals surface area contributed by atoms with Crippen molar-refractivity contribution in [1.82, 2.24) is 5.32 Å². The fraction of sp³-hybridized carbons (Fsp3) is 0.500. The number of ether oxygens (including phenoxy) is 2. The zero-order chi connectivity index (χ0) is 16.3. The number of aliphatic hydroxyl groups is 3. The van der Waals surface area contributed by atoms with E-state index in [4.69, 9.17) is 9.47 Å². The van der Waals surface area contributed by atoms with E-state index < -0.39 is 43.2 Å². The van der Waals surface area contributed by atoms with Crippen molar-refractivity contribution in [2.24, 2.45) is 0 Å². The Morgan fingerprint density at radius 1 is 1.32 bits per heavy atom. The van der Waals surface area contributed by atoms with Gasteiger partial charge in [0.1, 0.15) is 30.1 Å².